The molecule has 0 bridgehead atoms. The first-order chi connectivity index (χ1) is 40.4. The van der Waals surface area contributed by atoms with Gasteiger partial charge in [0.2, 0.25) is 0 Å². The van der Waals surface area contributed by atoms with Crippen LogP contribution in [0.2, 0.25) is 0 Å². The minimum absolute atomic E-state index is 0.0300. The second-order valence-corrected chi connectivity index (χ2v) is 21.5. The lowest BCUT2D eigenvalue weighted by Gasteiger charge is -2.34. The molecule has 2 N–H and O–H groups in total. The third kappa shape index (κ3) is 9.77. The maximum absolute atomic E-state index is 11.1. The molecule has 2 saturated heterocycles. The molecule has 2 heterocycles. The molecule has 4 atom stereocenters. The van der Waals surface area contributed by atoms with Gasteiger partial charge in [-0.1, -0.05) is 158 Å². The van der Waals surface area contributed by atoms with E-state index in [0.717, 1.165) is 57.7 Å². The van der Waals surface area contributed by atoms with E-state index in [4.69, 9.17) is 37.9 Å². The number of fused-ring (bicyclic) bond motifs is 7. The Morgan fingerprint density at radius 1 is 0.329 bits per heavy atom. The van der Waals surface area contributed by atoms with Crippen molar-refractivity contribution in [2.75, 3.05) is 52.9 Å². The highest BCUT2D eigenvalue weighted by atomic mass is 16.6. The lowest BCUT2D eigenvalue weighted by atomic mass is 9.68. The minimum Gasteiger partial charge on any atom is -0.491 e. The van der Waals surface area contributed by atoms with Crippen LogP contribution in [0.3, 0.4) is 0 Å². The number of aliphatic hydroxyl groups excluding tert-OH is 2. The van der Waals surface area contributed by atoms with Gasteiger partial charge in [-0.05, 0) is 150 Å². The summed E-state index contributed by atoms with van der Waals surface area (Å²) in [5.74, 6) is 4.11. The molecule has 0 spiro atoms. The van der Waals surface area contributed by atoms with Crippen LogP contribution in [-0.2, 0) is 20.3 Å². The van der Waals surface area contributed by atoms with Gasteiger partial charge in [-0.2, -0.15) is 0 Å². The van der Waals surface area contributed by atoms with E-state index in [2.05, 4.69) is 170 Å². The summed E-state index contributed by atoms with van der Waals surface area (Å²) in [4.78, 5) is 0. The molecule has 82 heavy (non-hydrogen) atoms. The lowest BCUT2D eigenvalue weighted by molar-refractivity contribution is 0.0625. The molecular weight excluding hydrogens is 1020 g/mol. The molecule has 10 aromatic carbocycles. The zero-order valence-electron chi connectivity index (χ0n) is 45.1. The van der Waals surface area contributed by atoms with Crippen molar-refractivity contribution in [3.05, 3.63) is 275 Å². The number of benzene rings is 10. The quantitative estimate of drug-likeness (QED) is 0.0635. The van der Waals surface area contributed by atoms with E-state index in [-0.39, 0.29) is 38.6 Å². The second-order valence-electron chi connectivity index (χ2n) is 21.5. The molecule has 408 valence electrons. The summed E-state index contributed by atoms with van der Waals surface area (Å²) in [5, 5.41) is 24.0. The van der Waals surface area contributed by atoms with E-state index in [9.17, 15) is 10.2 Å². The zero-order valence-corrected chi connectivity index (χ0v) is 45.1. The Balaban J connectivity index is 0.596. The lowest BCUT2D eigenvalue weighted by Crippen LogP contribution is -2.28. The van der Waals surface area contributed by atoms with Crippen molar-refractivity contribution in [2.24, 2.45) is 0 Å². The highest BCUT2D eigenvalue weighted by molar-refractivity contribution is 5.88. The molecule has 4 aliphatic rings. The van der Waals surface area contributed by atoms with Gasteiger partial charge in [0.05, 0.1) is 24.0 Å². The Hall–Kier alpha value is -8.90. The van der Waals surface area contributed by atoms with E-state index >= 15 is 0 Å². The molecule has 0 amide bonds. The first kappa shape index (κ1) is 51.3. The Labute approximate surface area is 476 Å². The van der Waals surface area contributed by atoms with Crippen LogP contribution in [0.5, 0.6) is 34.5 Å². The molecular formula is C72H60O10. The SMILES string of the molecule is OC(COc1ccc(C2(c3ccc(OCC4CO4)cc3)c3ccccc3-c3ccccc32)cc1)COc1ccc2ccc(OCC(O)COc3ccc(C4(c5ccc(OCC6CO6)cc5)c5ccccc5-c5ccccc54)cc3)cc2c1. The van der Waals surface area contributed by atoms with Crippen LogP contribution >= 0.6 is 0 Å². The summed E-state index contributed by atoms with van der Waals surface area (Å²) >= 11 is 0. The fourth-order valence-corrected chi connectivity index (χ4v) is 12.2. The first-order valence-electron chi connectivity index (χ1n) is 28.1. The minimum atomic E-state index is -0.894. The summed E-state index contributed by atoms with van der Waals surface area (Å²) in [7, 11) is 0. The van der Waals surface area contributed by atoms with E-state index in [1.165, 1.54) is 44.5 Å². The van der Waals surface area contributed by atoms with Gasteiger partial charge in [0.1, 0.15) is 98.6 Å². The fraction of sp³-hybridized carbons (Fsp3) is 0.194. The van der Waals surface area contributed by atoms with Crippen molar-refractivity contribution in [3.8, 4) is 56.8 Å². The van der Waals surface area contributed by atoms with E-state index in [1.54, 1.807) is 0 Å². The first-order valence-corrected chi connectivity index (χ1v) is 28.1. The fourth-order valence-electron chi connectivity index (χ4n) is 12.2. The largest absolute Gasteiger partial charge is 0.491 e. The van der Waals surface area contributed by atoms with Crippen molar-refractivity contribution >= 4 is 10.8 Å². The summed E-state index contributed by atoms with van der Waals surface area (Å²) < 4.78 is 47.3. The van der Waals surface area contributed by atoms with Crippen LogP contribution < -0.4 is 28.4 Å². The van der Waals surface area contributed by atoms with Gasteiger partial charge >= 0.3 is 0 Å². The van der Waals surface area contributed by atoms with Crippen LogP contribution in [0.15, 0.2) is 231 Å². The van der Waals surface area contributed by atoms with Crippen LogP contribution in [-0.4, -0.2) is 87.5 Å². The molecule has 4 unspecified atom stereocenters. The molecule has 10 nitrogen and oxygen atoms in total. The smallest absolute Gasteiger partial charge is 0.122 e. The maximum Gasteiger partial charge on any atom is 0.122 e. The second kappa shape index (κ2) is 21.9. The van der Waals surface area contributed by atoms with Crippen molar-refractivity contribution in [3.63, 3.8) is 0 Å². The molecule has 10 aromatic rings. The molecule has 0 aromatic heterocycles. The average Bonchev–Trinajstić information content (AvgIpc) is 2.00. The number of aliphatic hydroxyl groups is 2. The van der Waals surface area contributed by atoms with Crippen LogP contribution in [0.1, 0.15) is 44.5 Å². The summed E-state index contributed by atoms with van der Waals surface area (Å²) in [5.41, 5.74) is 13.0. The zero-order chi connectivity index (χ0) is 55.0. The highest BCUT2D eigenvalue weighted by Gasteiger charge is 2.47. The van der Waals surface area contributed by atoms with Crippen LogP contribution in [0.25, 0.3) is 33.0 Å². The molecule has 0 saturated carbocycles. The molecule has 14 rings (SSSR count). The third-order valence-electron chi connectivity index (χ3n) is 16.3. The molecule has 2 aliphatic carbocycles. The van der Waals surface area contributed by atoms with Crippen molar-refractivity contribution in [1.29, 1.82) is 0 Å². The molecule has 0 radical (unpaired) electrons. The van der Waals surface area contributed by atoms with Crippen molar-refractivity contribution in [2.45, 2.75) is 35.2 Å². The highest BCUT2D eigenvalue weighted by Crippen LogP contribution is 2.58. The van der Waals surface area contributed by atoms with E-state index in [0.29, 0.717) is 36.2 Å². The Morgan fingerprint density at radius 2 is 0.598 bits per heavy atom. The van der Waals surface area contributed by atoms with Gasteiger partial charge in [-0.25, -0.2) is 0 Å². The monoisotopic (exact) mass is 1080 g/mol. The van der Waals surface area contributed by atoms with Gasteiger partial charge in [0.15, 0.2) is 0 Å². The van der Waals surface area contributed by atoms with Gasteiger partial charge in [0, 0.05) is 0 Å². The molecule has 2 fully saturated rings. The van der Waals surface area contributed by atoms with Crippen LogP contribution in [0, 0.1) is 0 Å². The Bertz CT molecular complexity index is 3550. The maximum atomic E-state index is 11.1. The normalized spacial score (nSPS) is 17.1. The number of rotatable bonds is 22. The van der Waals surface area contributed by atoms with Gasteiger partial charge < -0.3 is 48.1 Å². The van der Waals surface area contributed by atoms with E-state index in [1.807, 2.05) is 60.7 Å². The number of hydrogen-bond acceptors (Lipinski definition) is 10. The summed E-state index contributed by atoms with van der Waals surface area (Å²) in [6.07, 6.45) is -1.43. The van der Waals surface area contributed by atoms with Crippen LogP contribution in [0.4, 0.5) is 0 Å². The Kier molecular flexibility index (Phi) is 13.7. The third-order valence-corrected chi connectivity index (χ3v) is 16.3. The molecule has 2 aliphatic heterocycles. The van der Waals surface area contributed by atoms with Gasteiger partial charge in [-0.15, -0.1) is 0 Å². The number of ether oxygens (including phenoxy) is 8. The summed E-state index contributed by atoms with van der Waals surface area (Å²) in [6, 6.07) is 79.4. The van der Waals surface area contributed by atoms with E-state index < -0.39 is 23.0 Å². The van der Waals surface area contributed by atoms with Gasteiger partial charge in [-0.3, -0.25) is 0 Å². The predicted molar refractivity (Wildman–Crippen MR) is 316 cm³/mol. The number of hydrogen-bond donors (Lipinski definition) is 2. The molecule has 10 heteroatoms. The van der Waals surface area contributed by atoms with Crippen molar-refractivity contribution in [1.82, 2.24) is 0 Å². The summed E-state index contributed by atoms with van der Waals surface area (Å²) in [6.45, 7) is 2.73. The number of epoxide rings is 2. The van der Waals surface area contributed by atoms with Crippen molar-refractivity contribution < 1.29 is 48.1 Å². The topological polar surface area (TPSA) is 121 Å². The predicted octanol–water partition coefficient (Wildman–Crippen LogP) is 12.8. The standard InChI is InChI=1S/C72H60O10/c73-53(39-75-55-29-19-49(20-30-55)71(51-23-33-57(34-24-51)79-43-61-45-81-61)67-13-5-1-9-63(67)64-10-2-6-14-68(64)71)41-77-59-27-17-47-18-28-60(38-48(47)37-59)78-42-54(74)40-76-56-31-21-50(22-32-56)72(52-25-35-58(36-26-52)80-44-62-46-82-62)69-15-7-3-11-65(69)66-12-4-8-16-70(66)72/h1-38,53-54,61-62,73-74H,39-46H2. The Morgan fingerprint density at radius 3 is 0.902 bits per heavy atom. The van der Waals surface area contributed by atoms with Gasteiger partial charge in [0.25, 0.3) is 0 Å². The average molecular weight is 1090 g/mol.